The van der Waals surface area contributed by atoms with E-state index in [1.54, 1.807) is 13.8 Å². The van der Waals surface area contributed by atoms with Gasteiger partial charge in [-0.1, -0.05) is 32.0 Å². The average Bonchev–Trinajstić information content (AvgIpc) is 2.50. The first-order chi connectivity index (χ1) is 10.8. The van der Waals surface area contributed by atoms with Crippen LogP contribution in [0.5, 0.6) is 0 Å². The van der Waals surface area contributed by atoms with E-state index >= 15 is 0 Å². The normalized spacial score (nSPS) is 11.4. The summed E-state index contributed by atoms with van der Waals surface area (Å²) in [5.41, 5.74) is -1.03. The highest BCUT2D eigenvalue weighted by atomic mass is 19.4. The fourth-order valence-electron chi connectivity index (χ4n) is 1.83. The Morgan fingerprint density at radius 1 is 1.04 bits per heavy atom. The maximum atomic E-state index is 12.8. The molecule has 0 saturated heterocycles. The van der Waals surface area contributed by atoms with Crippen molar-refractivity contribution in [2.75, 3.05) is 13.2 Å². The van der Waals surface area contributed by atoms with Crippen molar-refractivity contribution in [1.29, 1.82) is 0 Å². The summed E-state index contributed by atoms with van der Waals surface area (Å²) in [6.45, 7) is 3.69. The number of rotatable bonds is 7. The van der Waals surface area contributed by atoms with Gasteiger partial charge in [0.25, 0.3) is 0 Å². The van der Waals surface area contributed by atoms with Crippen molar-refractivity contribution >= 4 is 11.9 Å². The van der Waals surface area contributed by atoms with Gasteiger partial charge in [-0.15, -0.1) is 0 Å². The maximum Gasteiger partial charge on any atom is 0.416 e. The average molecular weight is 332 g/mol. The third-order valence-electron chi connectivity index (χ3n) is 2.92. The molecular weight excluding hydrogens is 313 g/mol. The van der Waals surface area contributed by atoms with Crippen LogP contribution in [0.3, 0.4) is 0 Å². The first-order valence-electron chi connectivity index (χ1n) is 7.31. The molecule has 0 fully saturated rings. The van der Waals surface area contributed by atoms with Gasteiger partial charge < -0.3 is 9.47 Å². The van der Waals surface area contributed by atoms with Gasteiger partial charge in [0.2, 0.25) is 0 Å². The zero-order valence-corrected chi connectivity index (χ0v) is 13.0. The highest BCUT2D eigenvalue weighted by Gasteiger charge is 2.35. The molecule has 0 spiro atoms. The Balaban J connectivity index is 3.12. The third-order valence-corrected chi connectivity index (χ3v) is 2.92. The van der Waals surface area contributed by atoms with Gasteiger partial charge in [0.1, 0.15) is 0 Å². The summed E-state index contributed by atoms with van der Waals surface area (Å²) in [6.07, 6.45) is -3.50. The van der Waals surface area contributed by atoms with E-state index in [4.69, 9.17) is 9.47 Å². The number of carbonyl (C=O) groups is 2. The van der Waals surface area contributed by atoms with Crippen molar-refractivity contribution in [2.24, 2.45) is 0 Å². The molecule has 0 saturated carbocycles. The lowest BCUT2D eigenvalue weighted by molar-refractivity contribution is -0.157. The quantitative estimate of drug-likeness (QED) is 0.564. The number of ether oxygens (including phenoxy) is 2. The lowest BCUT2D eigenvalue weighted by Crippen LogP contribution is -2.27. The Labute approximate surface area is 132 Å². The Morgan fingerprint density at radius 3 is 2.00 bits per heavy atom. The summed E-state index contributed by atoms with van der Waals surface area (Å²) >= 11 is 0. The molecule has 0 aliphatic heterocycles. The summed E-state index contributed by atoms with van der Waals surface area (Å²) in [4.78, 5) is 24.1. The molecule has 0 amide bonds. The molecule has 0 radical (unpaired) electrons. The lowest BCUT2D eigenvalue weighted by atomic mass is 9.97. The minimum atomic E-state index is -4.57. The SMILES string of the molecule is CCCOC(=O)C(C(=O)OCCC)c1cccc(C(F)(F)F)c1. The molecule has 1 rings (SSSR count). The summed E-state index contributed by atoms with van der Waals surface area (Å²) in [7, 11) is 0. The minimum absolute atomic E-state index is 0.0787. The molecule has 0 aromatic heterocycles. The zero-order chi connectivity index (χ0) is 17.5. The smallest absolute Gasteiger partial charge is 0.416 e. The molecule has 23 heavy (non-hydrogen) atoms. The van der Waals surface area contributed by atoms with Crippen LogP contribution in [0.25, 0.3) is 0 Å². The predicted octanol–water partition coefficient (Wildman–Crippen LogP) is 3.70. The van der Waals surface area contributed by atoms with Crippen LogP contribution in [0.1, 0.15) is 43.7 Å². The van der Waals surface area contributed by atoms with Crippen molar-refractivity contribution in [3.8, 4) is 0 Å². The summed E-state index contributed by atoms with van der Waals surface area (Å²) in [5.74, 6) is -3.34. The van der Waals surface area contributed by atoms with E-state index in [0.717, 1.165) is 18.2 Å². The molecule has 1 aromatic carbocycles. The van der Waals surface area contributed by atoms with Crippen LogP contribution in [0.4, 0.5) is 13.2 Å². The first-order valence-corrected chi connectivity index (χ1v) is 7.31. The van der Waals surface area contributed by atoms with Gasteiger partial charge in [0.05, 0.1) is 18.8 Å². The molecule has 128 valence electrons. The van der Waals surface area contributed by atoms with E-state index in [0.29, 0.717) is 12.8 Å². The molecule has 7 heteroatoms. The molecule has 0 aliphatic rings. The number of carbonyl (C=O) groups excluding carboxylic acids is 2. The Bertz CT molecular complexity index is 520. The molecule has 4 nitrogen and oxygen atoms in total. The van der Waals surface area contributed by atoms with Crippen LogP contribution >= 0.6 is 0 Å². The standard InChI is InChI=1S/C16H19F3O4/c1-3-8-22-14(20)13(15(21)23-9-4-2)11-6-5-7-12(10-11)16(17,18)19/h5-7,10,13H,3-4,8-9H2,1-2H3. The van der Waals surface area contributed by atoms with Crippen LogP contribution in [0.2, 0.25) is 0 Å². The Hall–Kier alpha value is -2.05. The van der Waals surface area contributed by atoms with E-state index in [2.05, 4.69) is 0 Å². The van der Waals surface area contributed by atoms with Crippen LogP contribution in [0.15, 0.2) is 24.3 Å². The van der Waals surface area contributed by atoms with Crippen LogP contribution in [-0.2, 0) is 25.2 Å². The highest BCUT2D eigenvalue weighted by molar-refractivity contribution is 6.00. The van der Waals surface area contributed by atoms with E-state index in [1.807, 2.05) is 0 Å². The van der Waals surface area contributed by atoms with Gasteiger partial charge in [0.15, 0.2) is 5.92 Å². The fraction of sp³-hybridized carbons (Fsp3) is 0.500. The molecule has 1 aromatic rings. The van der Waals surface area contributed by atoms with Crippen molar-refractivity contribution in [2.45, 2.75) is 38.8 Å². The van der Waals surface area contributed by atoms with Gasteiger partial charge in [-0.3, -0.25) is 9.59 Å². The summed E-state index contributed by atoms with van der Waals surface area (Å²) < 4.78 is 48.2. The van der Waals surface area contributed by atoms with E-state index < -0.39 is 29.6 Å². The number of hydrogen-bond acceptors (Lipinski definition) is 4. The van der Waals surface area contributed by atoms with Crippen LogP contribution in [-0.4, -0.2) is 25.2 Å². The number of benzene rings is 1. The van der Waals surface area contributed by atoms with E-state index in [9.17, 15) is 22.8 Å². The topological polar surface area (TPSA) is 52.6 Å². The number of alkyl halides is 3. The van der Waals surface area contributed by atoms with Gasteiger partial charge >= 0.3 is 18.1 Å². The second kappa shape index (κ2) is 8.55. The minimum Gasteiger partial charge on any atom is -0.465 e. The molecule has 0 atom stereocenters. The molecule has 0 heterocycles. The molecule has 0 aliphatic carbocycles. The van der Waals surface area contributed by atoms with E-state index in [-0.39, 0.29) is 18.8 Å². The zero-order valence-electron chi connectivity index (χ0n) is 13.0. The molecular formula is C16H19F3O4. The third kappa shape index (κ3) is 5.58. The predicted molar refractivity (Wildman–Crippen MR) is 76.7 cm³/mol. The second-order valence-corrected chi connectivity index (χ2v) is 4.89. The second-order valence-electron chi connectivity index (χ2n) is 4.89. The van der Waals surface area contributed by atoms with Crippen molar-refractivity contribution in [3.63, 3.8) is 0 Å². The van der Waals surface area contributed by atoms with Crippen molar-refractivity contribution in [1.82, 2.24) is 0 Å². The van der Waals surface area contributed by atoms with Gasteiger partial charge in [-0.25, -0.2) is 0 Å². The van der Waals surface area contributed by atoms with Crippen molar-refractivity contribution < 1.29 is 32.2 Å². The van der Waals surface area contributed by atoms with Crippen LogP contribution < -0.4 is 0 Å². The Morgan fingerprint density at radius 2 is 1.57 bits per heavy atom. The van der Waals surface area contributed by atoms with Crippen LogP contribution in [0, 0.1) is 0 Å². The van der Waals surface area contributed by atoms with Gasteiger partial charge in [0, 0.05) is 0 Å². The van der Waals surface area contributed by atoms with E-state index in [1.165, 1.54) is 6.07 Å². The lowest BCUT2D eigenvalue weighted by Gasteiger charge is -2.17. The largest absolute Gasteiger partial charge is 0.465 e. The monoisotopic (exact) mass is 332 g/mol. The number of hydrogen-bond donors (Lipinski definition) is 0. The molecule has 0 bridgehead atoms. The number of esters is 2. The Kier molecular flexibility index (Phi) is 7.06. The maximum absolute atomic E-state index is 12.8. The first kappa shape index (κ1) is 19.0. The summed E-state index contributed by atoms with van der Waals surface area (Å²) in [6, 6.07) is 4.06. The number of halogens is 3. The van der Waals surface area contributed by atoms with Gasteiger partial charge in [-0.2, -0.15) is 13.2 Å². The highest BCUT2D eigenvalue weighted by Crippen LogP contribution is 2.31. The van der Waals surface area contributed by atoms with Gasteiger partial charge in [-0.05, 0) is 24.5 Å². The molecule has 0 unspecified atom stereocenters. The molecule has 0 N–H and O–H groups in total. The van der Waals surface area contributed by atoms with Crippen molar-refractivity contribution in [3.05, 3.63) is 35.4 Å². The fourth-order valence-corrected chi connectivity index (χ4v) is 1.83. The summed E-state index contributed by atoms with van der Waals surface area (Å²) in [5, 5.41) is 0.